The van der Waals surface area contributed by atoms with Crippen LogP contribution in [0.4, 0.5) is 10.1 Å². The van der Waals surface area contributed by atoms with Gasteiger partial charge in [0, 0.05) is 6.42 Å². The Morgan fingerprint density at radius 1 is 1.46 bits per heavy atom. The summed E-state index contributed by atoms with van der Waals surface area (Å²) in [6.45, 7) is 1.71. The SMILES string of the molecule is CCC(=O)N(N)c1ccc(F)cc1. The third kappa shape index (κ3) is 2.26. The fourth-order valence-corrected chi connectivity index (χ4v) is 0.916. The number of hydrogen-bond donors (Lipinski definition) is 1. The standard InChI is InChI=1S/C9H11FN2O/c1-2-9(13)12(11)8-5-3-7(10)4-6-8/h3-6H,2,11H2,1H3. The summed E-state index contributed by atoms with van der Waals surface area (Å²) >= 11 is 0. The Hall–Kier alpha value is -1.42. The second-order valence-electron chi connectivity index (χ2n) is 2.59. The highest BCUT2D eigenvalue weighted by molar-refractivity contribution is 5.91. The van der Waals surface area contributed by atoms with Crippen LogP contribution in [-0.4, -0.2) is 5.91 Å². The number of benzene rings is 1. The molecule has 1 aromatic rings. The van der Waals surface area contributed by atoms with E-state index in [4.69, 9.17) is 5.84 Å². The molecule has 3 nitrogen and oxygen atoms in total. The van der Waals surface area contributed by atoms with Crippen molar-refractivity contribution in [1.29, 1.82) is 0 Å². The highest BCUT2D eigenvalue weighted by Crippen LogP contribution is 2.12. The van der Waals surface area contributed by atoms with Gasteiger partial charge in [-0.25, -0.2) is 15.2 Å². The molecule has 0 heterocycles. The summed E-state index contributed by atoms with van der Waals surface area (Å²) in [5.41, 5.74) is 0.494. The van der Waals surface area contributed by atoms with Crippen molar-refractivity contribution >= 4 is 11.6 Å². The van der Waals surface area contributed by atoms with Crippen LogP contribution in [0, 0.1) is 5.82 Å². The molecule has 13 heavy (non-hydrogen) atoms. The third-order valence-corrected chi connectivity index (χ3v) is 1.68. The first-order valence-corrected chi connectivity index (χ1v) is 3.98. The van der Waals surface area contributed by atoms with Gasteiger partial charge in [0.2, 0.25) is 5.91 Å². The number of carbonyl (C=O) groups excluding carboxylic acids is 1. The maximum Gasteiger partial charge on any atom is 0.240 e. The number of hydrogen-bond acceptors (Lipinski definition) is 2. The van der Waals surface area contributed by atoms with Gasteiger partial charge in [-0.3, -0.25) is 4.79 Å². The van der Waals surface area contributed by atoms with Gasteiger partial charge in [-0.2, -0.15) is 0 Å². The summed E-state index contributed by atoms with van der Waals surface area (Å²) in [6.07, 6.45) is 0.327. The number of nitrogens with two attached hydrogens (primary N) is 1. The molecule has 0 unspecified atom stereocenters. The van der Waals surface area contributed by atoms with Crippen molar-refractivity contribution in [3.63, 3.8) is 0 Å². The van der Waals surface area contributed by atoms with Crippen LogP contribution in [0.5, 0.6) is 0 Å². The van der Waals surface area contributed by atoms with Crippen molar-refractivity contribution in [2.75, 3.05) is 5.01 Å². The number of anilines is 1. The molecule has 0 saturated carbocycles. The number of rotatable bonds is 2. The van der Waals surface area contributed by atoms with E-state index in [1.165, 1.54) is 24.3 Å². The quantitative estimate of drug-likeness (QED) is 0.427. The molecule has 70 valence electrons. The molecule has 0 saturated heterocycles. The lowest BCUT2D eigenvalue weighted by Gasteiger charge is -2.15. The van der Waals surface area contributed by atoms with Gasteiger partial charge in [-0.05, 0) is 24.3 Å². The number of hydrazine groups is 1. The predicted octanol–water partition coefficient (Wildman–Crippen LogP) is 1.44. The molecule has 0 aliphatic heterocycles. The number of nitrogens with zero attached hydrogens (tertiary/aromatic N) is 1. The van der Waals surface area contributed by atoms with E-state index >= 15 is 0 Å². The van der Waals surface area contributed by atoms with Crippen LogP contribution in [-0.2, 0) is 4.79 Å². The van der Waals surface area contributed by atoms with Crippen LogP contribution in [0.1, 0.15) is 13.3 Å². The van der Waals surface area contributed by atoms with E-state index in [9.17, 15) is 9.18 Å². The maximum absolute atomic E-state index is 12.5. The Morgan fingerprint density at radius 3 is 2.46 bits per heavy atom. The summed E-state index contributed by atoms with van der Waals surface area (Å²) in [5.74, 6) is 4.91. The summed E-state index contributed by atoms with van der Waals surface area (Å²) in [4.78, 5) is 11.1. The van der Waals surface area contributed by atoms with Crippen molar-refractivity contribution in [2.45, 2.75) is 13.3 Å². The van der Waals surface area contributed by atoms with Crippen LogP contribution in [0.3, 0.4) is 0 Å². The monoisotopic (exact) mass is 182 g/mol. The molecule has 4 heteroatoms. The molecule has 0 aliphatic carbocycles. The molecular weight excluding hydrogens is 171 g/mol. The summed E-state index contributed by atoms with van der Waals surface area (Å²) in [5, 5.41) is 1.01. The van der Waals surface area contributed by atoms with E-state index in [0.29, 0.717) is 12.1 Å². The largest absolute Gasteiger partial charge is 0.273 e. The van der Waals surface area contributed by atoms with Gasteiger partial charge in [0.1, 0.15) is 5.82 Å². The Kier molecular flexibility index (Phi) is 2.97. The van der Waals surface area contributed by atoms with Gasteiger partial charge in [-0.1, -0.05) is 6.92 Å². The Bertz CT molecular complexity index is 297. The van der Waals surface area contributed by atoms with Crippen molar-refractivity contribution in [3.8, 4) is 0 Å². The molecule has 0 aromatic heterocycles. The summed E-state index contributed by atoms with van der Waals surface area (Å²) < 4.78 is 12.5. The molecule has 2 N–H and O–H groups in total. The minimum Gasteiger partial charge on any atom is -0.273 e. The van der Waals surface area contributed by atoms with E-state index in [2.05, 4.69) is 0 Å². The lowest BCUT2D eigenvalue weighted by atomic mass is 10.3. The molecular formula is C9H11FN2O. The van der Waals surface area contributed by atoms with Gasteiger partial charge < -0.3 is 0 Å². The highest BCUT2D eigenvalue weighted by Gasteiger charge is 2.08. The zero-order chi connectivity index (χ0) is 9.84. The Morgan fingerprint density at radius 2 is 2.00 bits per heavy atom. The first-order valence-electron chi connectivity index (χ1n) is 3.98. The second-order valence-corrected chi connectivity index (χ2v) is 2.59. The van der Waals surface area contributed by atoms with Gasteiger partial charge in [0.05, 0.1) is 5.69 Å². The normalized spacial score (nSPS) is 9.77. The van der Waals surface area contributed by atoms with Crippen LogP contribution < -0.4 is 10.9 Å². The van der Waals surface area contributed by atoms with Crippen molar-refractivity contribution < 1.29 is 9.18 Å². The van der Waals surface area contributed by atoms with Gasteiger partial charge in [0.25, 0.3) is 0 Å². The van der Waals surface area contributed by atoms with Crippen LogP contribution in [0.2, 0.25) is 0 Å². The first-order chi connectivity index (χ1) is 6.15. The van der Waals surface area contributed by atoms with E-state index < -0.39 is 0 Å². The zero-order valence-corrected chi connectivity index (χ0v) is 7.33. The van der Waals surface area contributed by atoms with Gasteiger partial charge in [0.15, 0.2) is 0 Å². The lowest BCUT2D eigenvalue weighted by molar-refractivity contribution is -0.118. The summed E-state index contributed by atoms with van der Waals surface area (Å²) in [6, 6.07) is 5.45. The summed E-state index contributed by atoms with van der Waals surface area (Å²) in [7, 11) is 0. The predicted molar refractivity (Wildman–Crippen MR) is 48.4 cm³/mol. The van der Waals surface area contributed by atoms with E-state index in [-0.39, 0.29) is 11.7 Å². The molecule has 0 aliphatic rings. The third-order valence-electron chi connectivity index (χ3n) is 1.68. The van der Waals surface area contributed by atoms with Crippen molar-refractivity contribution in [2.24, 2.45) is 5.84 Å². The van der Waals surface area contributed by atoms with Crippen molar-refractivity contribution in [3.05, 3.63) is 30.1 Å². The topological polar surface area (TPSA) is 46.3 Å². The highest BCUT2D eigenvalue weighted by atomic mass is 19.1. The molecule has 1 rings (SSSR count). The number of halogens is 1. The van der Waals surface area contributed by atoms with Crippen LogP contribution in [0.15, 0.2) is 24.3 Å². The Balaban J connectivity index is 2.83. The minimum atomic E-state index is -0.346. The van der Waals surface area contributed by atoms with Crippen LogP contribution >= 0.6 is 0 Å². The molecule has 0 spiro atoms. The minimum absolute atomic E-state index is 0.202. The van der Waals surface area contributed by atoms with E-state index in [1.54, 1.807) is 6.92 Å². The Labute approximate surface area is 75.9 Å². The number of carbonyl (C=O) groups is 1. The molecule has 1 amide bonds. The second kappa shape index (κ2) is 4.00. The van der Waals surface area contributed by atoms with Gasteiger partial charge in [-0.15, -0.1) is 0 Å². The van der Waals surface area contributed by atoms with Crippen molar-refractivity contribution in [1.82, 2.24) is 0 Å². The first kappa shape index (κ1) is 9.67. The fraction of sp³-hybridized carbons (Fsp3) is 0.222. The van der Waals surface area contributed by atoms with Crippen LogP contribution in [0.25, 0.3) is 0 Å². The molecule has 0 radical (unpaired) electrons. The molecule has 0 bridgehead atoms. The van der Waals surface area contributed by atoms with Gasteiger partial charge >= 0.3 is 0 Å². The maximum atomic E-state index is 12.5. The fourth-order valence-electron chi connectivity index (χ4n) is 0.916. The number of amides is 1. The lowest BCUT2D eigenvalue weighted by Crippen LogP contribution is -2.36. The zero-order valence-electron chi connectivity index (χ0n) is 7.33. The molecule has 0 fully saturated rings. The average molecular weight is 182 g/mol. The van der Waals surface area contributed by atoms with E-state index in [0.717, 1.165) is 5.01 Å². The molecule has 1 aromatic carbocycles. The molecule has 0 atom stereocenters. The average Bonchev–Trinajstić information content (AvgIpc) is 2.17. The van der Waals surface area contributed by atoms with E-state index in [1.807, 2.05) is 0 Å². The smallest absolute Gasteiger partial charge is 0.240 e.